The molecule has 0 aliphatic carbocycles. The summed E-state index contributed by atoms with van der Waals surface area (Å²) < 4.78 is 47.9. The molecule has 4 rings (SSSR count). The number of rotatable bonds is 5. The van der Waals surface area contributed by atoms with E-state index in [-0.39, 0.29) is 15.7 Å². The molecule has 0 unspecified atom stereocenters. The van der Waals surface area contributed by atoms with Crippen molar-refractivity contribution < 1.29 is 17.2 Å². The Morgan fingerprint density at radius 1 is 1.29 bits per heavy atom. The van der Waals surface area contributed by atoms with Gasteiger partial charge in [0.1, 0.15) is 17.3 Å². The van der Waals surface area contributed by atoms with E-state index in [1.807, 2.05) is 0 Å². The summed E-state index contributed by atoms with van der Waals surface area (Å²) >= 11 is 6.98. The molecule has 1 N–H and O–H groups in total. The van der Waals surface area contributed by atoms with Gasteiger partial charge in [-0.15, -0.1) is 11.3 Å². The minimum absolute atomic E-state index is 0.167. The number of anilines is 1. The van der Waals surface area contributed by atoms with Gasteiger partial charge in [-0.1, -0.05) is 11.6 Å². The maximum atomic E-state index is 13.3. The highest BCUT2D eigenvalue weighted by Gasteiger charge is 2.21. The fourth-order valence-electron chi connectivity index (χ4n) is 2.46. The number of aryl methyl sites for hydroxylation is 1. The second-order valence-corrected chi connectivity index (χ2v) is 8.68. The van der Waals surface area contributed by atoms with E-state index in [1.165, 1.54) is 16.0 Å². The molecule has 0 amide bonds. The van der Waals surface area contributed by atoms with Crippen LogP contribution in [0.4, 0.5) is 10.2 Å². The van der Waals surface area contributed by atoms with Gasteiger partial charge in [-0.05, 0) is 37.3 Å². The van der Waals surface area contributed by atoms with E-state index < -0.39 is 15.8 Å². The van der Waals surface area contributed by atoms with Crippen molar-refractivity contribution in [2.24, 2.45) is 0 Å². The Labute approximate surface area is 168 Å². The van der Waals surface area contributed by atoms with E-state index in [4.69, 9.17) is 16.0 Å². The SMILES string of the molecule is Cc1cc(NS(=O)(=O)c2ccc(F)c(Cl)c2)n(-c2nc(-c3ccco3)cs2)n1. The summed E-state index contributed by atoms with van der Waals surface area (Å²) in [5.74, 6) is 0.0856. The number of halogens is 2. The van der Waals surface area contributed by atoms with Gasteiger partial charge >= 0.3 is 0 Å². The lowest BCUT2D eigenvalue weighted by atomic mass is 10.3. The number of nitrogens with one attached hydrogen (secondary N) is 1. The minimum atomic E-state index is -4.01. The maximum Gasteiger partial charge on any atom is 0.263 e. The van der Waals surface area contributed by atoms with E-state index in [0.29, 0.717) is 22.3 Å². The van der Waals surface area contributed by atoms with E-state index in [0.717, 1.165) is 18.2 Å². The number of thiazole rings is 1. The van der Waals surface area contributed by atoms with Crippen molar-refractivity contribution in [3.8, 4) is 16.6 Å². The van der Waals surface area contributed by atoms with Crippen LogP contribution >= 0.6 is 22.9 Å². The predicted molar refractivity (Wildman–Crippen MR) is 104 cm³/mol. The van der Waals surface area contributed by atoms with Crippen LogP contribution in [0.3, 0.4) is 0 Å². The molecular weight excluding hydrogens is 427 g/mol. The summed E-state index contributed by atoms with van der Waals surface area (Å²) in [5, 5.41) is 6.26. The topological polar surface area (TPSA) is 90.0 Å². The molecule has 0 spiro atoms. The monoisotopic (exact) mass is 438 g/mol. The van der Waals surface area contributed by atoms with Crippen molar-refractivity contribution in [2.75, 3.05) is 4.72 Å². The van der Waals surface area contributed by atoms with E-state index in [1.54, 1.807) is 36.8 Å². The van der Waals surface area contributed by atoms with Crippen molar-refractivity contribution in [2.45, 2.75) is 11.8 Å². The number of sulfonamides is 1. The molecule has 0 bridgehead atoms. The molecule has 0 aliphatic rings. The van der Waals surface area contributed by atoms with Crippen molar-refractivity contribution >= 4 is 38.8 Å². The van der Waals surface area contributed by atoms with E-state index in [2.05, 4.69) is 14.8 Å². The van der Waals surface area contributed by atoms with E-state index >= 15 is 0 Å². The third-order valence-electron chi connectivity index (χ3n) is 3.72. The molecule has 3 heterocycles. The summed E-state index contributed by atoms with van der Waals surface area (Å²) in [7, 11) is -4.01. The molecule has 0 aliphatic heterocycles. The Hall–Kier alpha value is -2.69. The van der Waals surface area contributed by atoms with Gasteiger partial charge in [0, 0.05) is 11.4 Å². The van der Waals surface area contributed by atoms with E-state index in [9.17, 15) is 12.8 Å². The maximum absolute atomic E-state index is 13.3. The molecule has 11 heteroatoms. The van der Waals surface area contributed by atoms with Gasteiger partial charge < -0.3 is 4.42 Å². The molecule has 144 valence electrons. The number of nitrogens with zero attached hydrogens (tertiary/aromatic N) is 3. The molecule has 0 radical (unpaired) electrons. The first-order valence-corrected chi connectivity index (χ1v) is 10.6. The Kier molecular flexibility index (Phi) is 4.69. The Bertz CT molecular complexity index is 1250. The number of hydrogen-bond acceptors (Lipinski definition) is 6. The first kappa shape index (κ1) is 18.7. The third kappa shape index (κ3) is 3.53. The molecule has 0 atom stereocenters. The summed E-state index contributed by atoms with van der Waals surface area (Å²) in [4.78, 5) is 4.28. The van der Waals surface area contributed by atoms with Crippen LogP contribution in [0.1, 0.15) is 5.69 Å². The second kappa shape index (κ2) is 7.04. The van der Waals surface area contributed by atoms with Gasteiger partial charge in [0.2, 0.25) is 5.13 Å². The Balaban J connectivity index is 1.69. The fraction of sp³-hybridized carbons (Fsp3) is 0.0588. The average molecular weight is 439 g/mol. The van der Waals surface area contributed by atoms with Crippen LogP contribution < -0.4 is 4.72 Å². The highest BCUT2D eigenvalue weighted by molar-refractivity contribution is 7.92. The normalized spacial score (nSPS) is 11.7. The van der Waals surface area contributed by atoms with Crippen LogP contribution in [-0.2, 0) is 10.0 Å². The highest BCUT2D eigenvalue weighted by atomic mass is 35.5. The minimum Gasteiger partial charge on any atom is -0.463 e. The largest absolute Gasteiger partial charge is 0.463 e. The molecule has 3 aromatic heterocycles. The highest BCUT2D eigenvalue weighted by Crippen LogP contribution is 2.28. The van der Waals surface area contributed by atoms with Gasteiger partial charge in [-0.25, -0.2) is 17.8 Å². The van der Waals surface area contributed by atoms with Gasteiger partial charge in [-0.2, -0.15) is 9.78 Å². The van der Waals surface area contributed by atoms with Crippen LogP contribution in [0.2, 0.25) is 5.02 Å². The summed E-state index contributed by atoms with van der Waals surface area (Å²) in [6.45, 7) is 1.73. The number of aromatic nitrogens is 3. The first-order valence-electron chi connectivity index (χ1n) is 7.88. The molecule has 7 nitrogen and oxygen atoms in total. The van der Waals surface area contributed by atoms with Crippen LogP contribution in [0, 0.1) is 12.7 Å². The molecule has 0 fully saturated rings. The quantitative estimate of drug-likeness (QED) is 0.495. The van der Waals surface area contributed by atoms with Crippen molar-refractivity contribution in [3.63, 3.8) is 0 Å². The van der Waals surface area contributed by atoms with Crippen LogP contribution in [0.5, 0.6) is 0 Å². The lowest BCUT2D eigenvalue weighted by molar-refractivity contribution is 0.580. The van der Waals surface area contributed by atoms with Crippen LogP contribution in [0.25, 0.3) is 16.6 Å². The molecule has 1 aromatic carbocycles. The number of hydrogen-bond donors (Lipinski definition) is 1. The zero-order chi connectivity index (χ0) is 19.9. The van der Waals surface area contributed by atoms with Gasteiger partial charge in [0.05, 0.1) is 21.9 Å². The van der Waals surface area contributed by atoms with Gasteiger partial charge in [0.25, 0.3) is 10.0 Å². The predicted octanol–water partition coefficient (Wildman–Crippen LogP) is 4.49. The number of benzene rings is 1. The number of furan rings is 1. The van der Waals surface area contributed by atoms with Gasteiger partial charge in [0.15, 0.2) is 5.76 Å². The van der Waals surface area contributed by atoms with Crippen LogP contribution in [-0.4, -0.2) is 23.2 Å². The standard InChI is InChI=1S/C17H12ClFN4O3S2/c1-10-7-16(22-28(24,25)11-4-5-13(19)12(18)8-11)23(21-10)17-20-14(9-27-17)15-3-2-6-26-15/h2-9,22H,1H3. The summed E-state index contributed by atoms with van der Waals surface area (Å²) in [5.41, 5.74) is 1.20. The van der Waals surface area contributed by atoms with Gasteiger partial charge in [-0.3, -0.25) is 4.72 Å². The molecule has 0 saturated carbocycles. The Morgan fingerprint density at radius 2 is 2.11 bits per heavy atom. The lowest BCUT2D eigenvalue weighted by Gasteiger charge is -2.09. The molecule has 4 aromatic rings. The first-order chi connectivity index (χ1) is 13.3. The molecule has 0 saturated heterocycles. The average Bonchev–Trinajstić information content (AvgIpc) is 3.37. The fourth-order valence-corrected chi connectivity index (χ4v) is 4.54. The lowest BCUT2D eigenvalue weighted by Crippen LogP contribution is -2.16. The zero-order valence-corrected chi connectivity index (χ0v) is 16.6. The summed E-state index contributed by atoms with van der Waals surface area (Å²) in [6, 6.07) is 8.27. The Morgan fingerprint density at radius 3 is 2.82 bits per heavy atom. The second-order valence-electron chi connectivity index (χ2n) is 5.76. The van der Waals surface area contributed by atoms with Crippen LogP contribution in [0.15, 0.2) is 57.4 Å². The van der Waals surface area contributed by atoms with Crippen molar-refractivity contribution in [1.82, 2.24) is 14.8 Å². The summed E-state index contributed by atoms with van der Waals surface area (Å²) in [6.07, 6.45) is 1.54. The third-order valence-corrected chi connectivity index (χ3v) is 6.18. The zero-order valence-electron chi connectivity index (χ0n) is 14.3. The molecular formula is C17H12ClFN4O3S2. The smallest absolute Gasteiger partial charge is 0.263 e. The van der Waals surface area contributed by atoms with Crippen molar-refractivity contribution in [1.29, 1.82) is 0 Å². The molecule has 28 heavy (non-hydrogen) atoms. The van der Waals surface area contributed by atoms with Crippen molar-refractivity contribution in [3.05, 3.63) is 64.6 Å².